The van der Waals surface area contributed by atoms with E-state index in [0.29, 0.717) is 6.54 Å². The summed E-state index contributed by atoms with van der Waals surface area (Å²) in [7, 11) is 0. The smallest absolute Gasteiger partial charge is 0.410 e. The Labute approximate surface area is 63.5 Å². The van der Waals surface area contributed by atoms with Crippen LogP contribution in [0.1, 0.15) is 6.92 Å². The topological polar surface area (TPSA) is 66.8 Å². The molecule has 5 nitrogen and oxygen atoms in total. The Morgan fingerprint density at radius 2 is 2.45 bits per heavy atom. The Balaban J connectivity index is 2.59. The number of rotatable bonds is 2. The first kappa shape index (κ1) is 7.84. The maximum absolute atomic E-state index is 10.8. The van der Waals surface area contributed by atoms with Crippen molar-refractivity contribution in [2.24, 2.45) is 0 Å². The molecule has 5 heteroatoms. The van der Waals surface area contributed by atoms with Gasteiger partial charge in [-0.25, -0.2) is 9.59 Å². The zero-order chi connectivity index (χ0) is 8.43. The molecule has 11 heavy (non-hydrogen) atoms. The van der Waals surface area contributed by atoms with E-state index in [1.54, 1.807) is 0 Å². The third kappa shape index (κ3) is 1.42. The lowest BCUT2D eigenvalue weighted by Gasteiger charge is -2.16. The van der Waals surface area contributed by atoms with Crippen LogP contribution < -0.4 is 0 Å². The Kier molecular flexibility index (Phi) is 1.98. The number of nitrogens with zero attached hydrogens (tertiary/aromatic N) is 1. The molecule has 1 aliphatic rings. The number of carboxylic acid groups (broad SMARTS) is 1. The molecule has 1 atom stereocenters. The molecule has 1 rings (SSSR count). The lowest BCUT2D eigenvalue weighted by atomic mass is 10.3. The summed E-state index contributed by atoms with van der Waals surface area (Å²) in [5, 5.41) is 8.51. The Bertz CT molecular complexity index is 191. The van der Waals surface area contributed by atoms with Crippen LogP contribution >= 0.6 is 0 Å². The zero-order valence-electron chi connectivity index (χ0n) is 6.11. The lowest BCUT2D eigenvalue weighted by Crippen LogP contribution is -2.39. The molecule has 0 aromatic carbocycles. The van der Waals surface area contributed by atoms with Gasteiger partial charge in [0.2, 0.25) is 0 Å². The van der Waals surface area contributed by atoms with Gasteiger partial charge >= 0.3 is 12.1 Å². The summed E-state index contributed by atoms with van der Waals surface area (Å²) < 4.78 is 4.56. The van der Waals surface area contributed by atoms with Crippen molar-refractivity contribution in [2.45, 2.75) is 13.0 Å². The minimum absolute atomic E-state index is 0.288. The molecule has 1 fully saturated rings. The molecule has 0 aliphatic carbocycles. The van der Waals surface area contributed by atoms with Gasteiger partial charge in [-0.3, -0.25) is 4.90 Å². The van der Waals surface area contributed by atoms with Gasteiger partial charge in [-0.2, -0.15) is 0 Å². The summed E-state index contributed by atoms with van der Waals surface area (Å²) in [6.45, 7) is 2.11. The quantitative estimate of drug-likeness (QED) is 0.611. The first-order valence-corrected chi connectivity index (χ1v) is 3.29. The van der Waals surface area contributed by atoms with Crippen LogP contribution in [0.4, 0.5) is 4.79 Å². The molecule has 0 saturated carbocycles. The first-order valence-electron chi connectivity index (χ1n) is 3.29. The van der Waals surface area contributed by atoms with Crippen molar-refractivity contribution in [1.82, 2.24) is 4.90 Å². The third-order valence-corrected chi connectivity index (χ3v) is 1.62. The zero-order valence-corrected chi connectivity index (χ0v) is 6.11. The molecule has 1 heterocycles. The van der Waals surface area contributed by atoms with Crippen LogP contribution in [0.2, 0.25) is 0 Å². The summed E-state index contributed by atoms with van der Waals surface area (Å²) in [5.41, 5.74) is 0. The van der Waals surface area contributed by atoms with Crippen molar-refractivity contribution in [3.8, 4) is 0 Å². The second-order valence-corrected chi connectivity index (χ2v) is 2.32. The number of aliphatic carboxylic acids is 1. The van der Waals surface area contributed by atoms with E-state index < -0.39 is 18.1 Å². The SMILES string of the molecule is CC(C(=O)O)N1CCOC1=O. The summed E-state index contributed by atoms with van der Waals surface area (Å²) in [6, 6.07) is -0.787. The molecular weight excluding hydrogens is 150 g/mol. The van der Waals surface area contributed by atoms with Gasteiger partial charge in [0.1, 0.15) is 12.6 Å². The number of amides is 1. The number of ether oxygens (including phenoxy) is 1. The number of cyclic esters (lactones) is 1. The Morgan fingerprint density at radius 1 is 1.82 bits per heavy atom. The van der Waals surface area contributed by atoms with Crippen LogP contribution in [0.15, 0.2) is 0 Å². The van der Waals surface area contributed by atoms with Crippen molar-refractivity contribution < 1.29 is 19.4 Å². The summed E-state index contributed by atoms with van der Waals surface area (Å²) in [4.78, 5) is 22.3. The van der Waals surface area contributed by atoms with E-state index in [4.69, 9.17) is 5.11 Å². The summed E-state index contributed by atoms with van der Waals surface area (Å²) in [5.74, 6) is -1.01. The first-order chi connectivity index (χ1) is 5.13. The Morgan fingerprint density at radius 3 is 2.82 bits per heavy atom. The fraction of sp³-hybridized carbons (Fsp3) is 0.667. The van der Waals surface area contributed by atoms with E-state index in [2.05, 4.69) is 4.74 Å². The molecule has 1 saturated heterocycles. The van der Waals surface area contributed by atoms with Gasteiger partial charge in [0.15, 0.2) is 0 Å². The molecule has 1 amide bonds. The molecular formula is C6H9NO4. The number of carbonyl (C=O) groups excluding carboxylic acids is 1. The number of hydrogen-bond donors (Lipinski definition) is 1. The highest BCUT2D eigenvalue weighted by molar-refractivity contribution is 5.80. The molecule has 1 unspecified atom stereocenters. The number of carboxylic acids is 1. The Hall–Kier alpha value is -1.26. The predicted octanol–water partition coefficient (Wildman–Crippen LogP) is -0.0883. The van der Waals surface area contributed by atoms with Crippen LogP contribution in [0, 0.1) is 0 Å². The van der Waals surface area contributed by atoms with Gasteiger partial charge in [0.05, 0.1) is 6.54 Å². The second kappa shape index (κ2) is 2.77. The van der Waals surface area contributed by atoms with Crippen LogP contribution in [0.25, 0.3) is 0 Å². The van der Waals surface area contributed by atoms with Gasteiger partial charge in [-0.15, -0.1) is 0 Å². The van der Waals surface area contributed by atoms with Gasteiger partial charge in [-0.05, 0) is 6.92 Å². The monoisotopic (exact) mass is 159 g/mol. The molecule has 0 aromatic heterocycles. The second-order valence-electron chi connectivity index (χ2n) is 2.32. The number of hydrogen-bond acceptors (Lipinski definition) is 3. The van der Waals surface area contributed by atoms with Crippen molar-refractivity contribution >= 4 is 12.1 Å². The standard InChI is InChI=1S/C6H9NO4/c1-4(5(8)9)7-2-3-11-6(7)10/h4H,2-3H2,1H3,(H,8,9). The number of carbonyl (C=O) groups is 2. The van der Waals surface area contributed by atoms with E-state index in [1.165, 1.54) is 11.8 Å². The van der Waals surface area contributed by atoms with Crippen molar-refractivity contribution in [1.29, 1.82) is 0 Å². The van der Waals surface area contributed by atoms with Gasteiger partial charge in [0, 0.05) is 0 Å². The van der Waals surface area contributed by atoms with E-state index in [9.17, 15) is 9.59 Å². The van der Waals surface area contributed by atoms with Gasteiger partial charge in [0.25, 0.3) is 0 Å². The van der Waals surface area contributed by atoms with Crippen LogP contribution in [0.5, 0.6) is 0 Å². The molecule has 0 bridgehead atoms. The highest BCUT2D eigenvalue weighted by Gasteiger charge is 2.30. The molecule has 0 aromatic rings. The van der Waals surface area contributed by atoms with E-state index in [-0.39, 0.29) is 6.61 Å². The van der Waals surface area contributed by atoms with Crippen LogP contribution in [-0.2, 0) is 9.53 Å². The molecule has 1 N–H and O–H groups in total. The molecule has 0 radical (unpaired) electrons. The summed E-state index contributed by atoms with van der Waals surface area (Å²) >= 11 is 0. The molecule has 1 aliphatic heterocycles. The molecule has 62 valence electrons. The van der Waals surface area contributed by atoms with E-state index >= 15 is 0 Å². The summed E-state index contributed by atoms with van der Waals surface area (Å²) in [6.07, 6.45) is -0.542. The highest BCUT2D eigenvalue weighted by Crippen LogP contribution is 2.07. The largest absolute Gasteiger partial charge is 0.480 e. The normalized spacial score (nSPS) is 19.7. The molecule has 0 spiro atoms. The van der Waals surface area contributed by atoms with Gasteiger partial charge in [-0.1, -0.05) is 0 Å². The maximum atomic E-state index is 10.8. The van der Waals surface area contributed by atoms with Crippen molar-refractivity contribution in [2.75, 3.05) is 13.2 Å². The van der Waals surface area contributed by atoms with Gasteiger partial charge < -0.3 is 9.84 Å². The van der Waals surface area contributed by atoms with Crippen molar-refractivity contribution in [3.05, 3.63) is 0 Å². The van der Waals surface area contributed by atoms with E-state index in [1.807, 2.05) is 0 Å². The van der Waals surface area contributed by atoms with E-state index in [0.717, 1.165) is 0 Å². The fourth-order valence-electron chi connectivity index (χ4n) is 0.891. The van der Waals surface area contributed by atoms with Crippen LogP contribution in [-0.4, -0.2) is 41.3 Å². The average molecular weight is 159 g/mol. The average Bonchev–Trinajstić information content (AvgIpc) is 2.33. The maximum Gasteiger partial charge on any atom is 0.410 e. The minimum Gasteiger partial charge on any atom is -0.480 e. The fourth-order valence-corrected chi connectivity index (χ4v) is 0.891. The predicted molar refractivity (Wildman–Crippen MR) is 35.2 cm³/mol. The third-order valence-electron chi connectivity index (χ3n) is 1.62. The van der Waals surface area contributed by atoms with Crippen molar-refractivity contribution in [3.63, 3.8) is 0 Å². The highest BCUT2D eigenvalue weighted by atomic mass is 16.6. The minimum atomic E-state index is -1.01. The lowest BCUT2D eigenvalue weighted by molar-refractivity contribution is -0.141. The van der Waals surface area contributed by atoms with Crippen LogP contribution in [0.3, 0.4) is 0 Å².